The second kappa shape index (κ2) is 4.28. The van der Waals surface area contributed by atoms with E-state index in [1.165, 1.54) is 13.3 Å². The summed E-state index contributed by atoms with van der Waals surface area (Å²) in [5.41, 5.74) is 0.759. The van der Waals surface area contributed by atoms with E-state index in [2.05, 4.69) is 15.9 Å². The molecular weight excluding hydrogens is 234 g/mol. The molecule has 0 aliphatic rings. The maximum absolute atomic E-state index is 10.8. The molecule has 4 heteroatoms. The normalized spacial score (nSPS) is 11.5. The van der Waals surface area contributed by atoms with Gasteiger partial charge in [0.05, 0.1) is 12.7 Å². The van der Waals surface area contributed by atoms with Gasteiger partial charge in [-0.25, -0.2) is 4.74 Å². The summed E-state index contributed by atoms with van der Waals surface area (Å²) in [4.78, 5) is 0. The Morgan fingerprint density at radius 2 is 2.23 bits per heavy atom. The highest BCUT2D eigenvalue weighted by Crippen LogP contribution is 2.20. The fraction of sp³-hybridized carbons (Fsp3) is 0.222. The van der Waals surface area contributed by atoms with Gasteiger partial charge in [-0.15, -0.1) is 0 Å². The minimum absolute atomic E-state index is 0.686. The molecule has 1 rings (SSSR count). The molecule has 0 unspecified atom stereocenters. The summed E-state index contributed by atoms with van der Waals surface area (Å²) in [6.07, 6.45) is 1.46. The van der Waals surface area contributed by atoms with Crippen LogP contribution in [-0.2, 0) is 0 Å². The van der Waals surface area contributed by atoms with Crippen LogP contribution in [-0.4, -0.2) is 25.1 Å². The molecule has 0 bridgehead atoms. The molecule has 0 saturated heterocycles. The molecule has 0 aromatic heterocycles. The first-order valence-electron chi connectivity index (χ1n) is 3.72. The van der Waals surface area contributed by atoms with Crippen LogP contribution < -0.4 is 4.74 Å². The number of rotatable bonds is 2. The Bertz CT molecular complexity index is 332. The van der Waals surface area contributed by atoms with E-state index >= 15 is 0 Å². The average molecular weight is 244 g/mol. The molecule has 0 atom stereocenters. The van der Waals surface area contributed by atoms with Crippen molar-refractivity contribution in [2.24, 2.45) is 0 Å². The van der Waals surface area contributed by atoms with Gasteiger partial charge in [-0.1, -0.05) is 15.9 Å². The minimum Gasteiger partial charge on any atom is -0.624 e. The largest absolute Gasteiger partial charge is 0.624 e. The lowest BCUT2D eigenvalue weighted by atomic mass is 10.2. The molecule has 70 valence electrons. The zero-order valence-electron chi connectivity index (χ0n) is 7.45. The standard InChI is InChI=1S/C9H10BrNO2/c1-11(12)6-7-5-8(10)3-4-9(7)13-2/h3-6H,1-2H3/b11-6-. The van der Waals surface area contributed by atoms with Crippen molar-refractivity contribution in [1.82, 2.24) is 0 Å². The monoisotopic (exact) mass is 243 g/mol. The van der Waals surface area contributed by atoms with Crippen molar-refractivity contribution >= 4 is 22.1 Å². The van der Waals surface area contributed by atoms with E-state index in [4.69, 9.17) is 4.74 Å². The number of methoxy groups -OCH3 is 1. The molecule has 3 nitrogen and oxygen atoms in total. The Morgan fingerprint density at radius 3 is 2.77 bits per heavy atom. The van der Waals surface area contributed by atoms with Gasteiger partial charge in [0.25, 0.3) is 0 Å². The number of benzene rings is 1. The molecule has 0 radical (unpaired) electrons. The van der Waals surface area contributed by atoms with E-state index in [1.807, 2.05) is 12.1 Å². The van der Waals surface area contributed by atoms with Crippen LogP contribution in [0.2, 0.25) is 0 Å². The third-order valence-corrected chi connectivity index (χ3v) is 2.01. The summed E-state index contributed by atoms with van der Waals surface area (Å²) in [5, 5.41) is 10.8. The van der Waals surface area contributed by atoms with Crippen LogP contribution in [0.4, 0.5) is 0 Å². The van der Waals surface area contributed by atoms with Crippen molar-refractivity contribution in [2.45, 2.75) is 0 Å². The maximum Gasteiger partial charge on any atom is 0.185 e. The van der Waals surface area contributed by atoms with Crippen LogP contribution in [0, 0.1) is 5.21 Å². The molecule has 0 heterocycles. The van der Waals surface area contributed by atoms with Crippen LogP contribution in [0.3, 0.4) is 0 Å². The highest BCUT2D eigenvalue weighted by atomic mass is 79.9. The summed E-state index contributed by atoms with van der Waals surface area (Å²) < 4.78 is 6.74. The molecule has 0 aliphatic carbocycles. The number of ether oxygens (including phenoxy) is 1. The minimum atomic E-state index is 0.686. The topological polar surface area (TPSA) is 35.3 Å². The van der Waals surface area contributed by atoms with E-state index in [-0.39, 0.29) is 0 Å². The van der Waals surface area contributed by atoms with Gasteiger partial charge in [0.2, 0.25) is 0 Å². The molecule has 13 heavy (non-hydrogen) atoms. The van der Waals surface area contributed by atoms with Crippen LogP contribution in [0.5, 0.6) is 5.75 Å². The lowest BCUT2D eigenvalue weighted by molar-refractivity contribution is -0.416. The van der Waals surface area contributed by atoms with E-state index in [0.717, 1.165) is 14.8 Å². The molecular formula is C9H10BrNO2. The SMILES string of the molecule is COc1ccc(Br)cc1/C=[N+](/C)[O-]. The second-order valence-electron chi connectivity index (χ2n) is 2.56. The third kappa shape index (κ3) is 2.73. The quantitative estimate of drug-likeness (QED) is 0.345. The predicted molar refractivity (Wildman–Crippen MR) is 55.4 cm³/mol. The van der Waals surface area contributed by atoms with Crippen LogP contribution in [0.25, 0.3) is 0 Å². The van der Waals surface area contributed by atoms with Gasteiger partial charge in [0, 0.05) is 4.47 Å². The number of hydrogen-bond acceptors (Lipinski definition) is 2. The summed E-state index contributed by atoms with van der Waals surface area (Å²) >= 11 is 3.32. The van der Waals surface area contributed by atoms with Crippen LogP contribution >= 0.6 is 15.9 Å². The lowest BCUT2D eigenvalue weighted by Crippen LogP contribution is -1.99. The number of hydrogen-bond donors (Lipinski definition) is 0. The van der Waals surface area contributed by atoms with E-state index in [0.29, 0.717) is 5.75 Å². The van der Waals surface area contributed by atoms with Gasteiger partial charge in [0.15, 0.2) is 6.21 Å². The fourth-order valence-corrected chi connectivity index (χ4v) is 1.38. The van der Waals surface area contributed by atoms with Crippen LogP contribution in [0.15, 0.2) is 22.7 Å². The van der Waals surface area contributed by atoms with Crippen molar-refractivity contribution in [3.63, 3.8) is 0 Å². The zero-order chi connectivity index (χ0) is 9.84. The van der Waals surface area contributed by atoms with Crippen molar-refractivity contribution in [1.29, 1.82) is 0 Å². The summed E-state index contributed by atoms with van der Waals surface area (Å²) in [5.74, 6) is 0.686. The molecule has 0 amide bonds. The predicted octanol–water partition coefficient (Wildman–Crippen LogP) is 2.02. The first-order chi connectivity index (χ1) is 6.13. The van der Waals surface area contributed by atoms with Crippen molar-refractivity contribution in [3.05, 3.63) is 33.4 Å². The molecule has 0 spiro atoms. The smallest absolute Gasteiger partial charge is 0.185 e. The highest BCUT2D eigenvalue weighted by Gasteiger charge is 2.03. The molecule has 1 aromatic rings. The molecule has 0 aliphatic heterocycles. The Balaban J connectivity index is 3.16. The number of hydroxylamine groups is 1. The van der Waals surface area contributed by atoms with Gasteiger partial charge < -0.3 is 9.94 Å². The van der Waals surface area contributed by atoms with E-state index in [9.17, 15) is 5.21 Å². The van der Waals surface area contributed by atoms with Gasteiger partial charge in [-0.05, 0) is 18.2 Å². The molecule has 0 N–H and O–H groups in total. The first kappa shape index (κ1) is 10.1. The lowest BCUT2D eigenvalue weighted by Gasteiger charge is -2.04. The van der Waals surface area contributed by atoms with Gasteiger partial charge in [0.1, 0.15) is 12.8 Å². The average Bonchev–Trinajstić information content (AvgIpc) is 2.03. The van der Waals surface area contributed by atoms with E-state index < -0.39 is 0 Å². The Kier molecular flexibility index (Phi) is 3.31. The Labute approximate surface area is 85.4 Å². The second-order valence-corrected chi connectivity index (χ2v) is 3.48. The third-order valence-electron chi connectivity index (χ3n) is 1.51. The first-order valence-corrected chi connectivity index (χ1v) is 4.51. The fourth-order valence-electron chi connectivity index (χ4n) is 1.00. The summed E-state index contributed by atoms with van der Waals surface area (Å²) in [7, 11) is 3.01. The van der Waals surface area contributed by atoms with Crippen molar-refractivity contribution < 1.29 is 9.48 Å². The van der Waals surface area contributed by atoms with Crippen LogP contribution in [0.1, 0.15) is 5.56 Å². The summed E-state index contributed by atoms with van der Waals surface area (Å²) in [6.45, 7) is 0. The Hall–Kier alpha value is -1.03. The van der Waals surface area contributed by atoms with Gasteiger partial charge >= 0.3 is 0 Å². The number of halogens is 1. The molecule has 1 aromatic carbocycles. The summed E-state index contributed by atoms with van der Waals surface area (Å²) in [6, 6.07) is 5.49. The molecule has 0 fully saturated rings. The highest BCUT2D eigenvalue weighted by molar-refractivity contribution is 9.10. The maximum atomic E-state index is 10.8. The van der Waals surface area contributed by atoms with Gasteiger partial charge in [-0.2, -0.15) is 0 Å². The molecule has 0 saturated carbocycles. The number of nitrogens with zero attached hydrogens (tertiary/aromatic N) is 1. The zero-order valence-corrected chi connectivity index (χ0v) is 9.04. The van der Waals surface area contributed by atoms with Gasteiger partial charge in [-0.3, -0.25) is 0 Å². The Morgan fingerprint density at radius 1 is 1.54 bits per heavy atom. The van der Waals surface area contributed by atoms with Crippen molar-refractivity contribution in [2.75, 3.05) is 14.2 Å². The van der Waals surface area contributed by atoms with E-state index in [1.54, 1.807) is 13.2 Å². The van der Waals surface area contributed by atoms with Crippen molar-refractivity contribution in [3.8, 4) is 5.75 Å².